The largest absolute Gasteiger partial charge is 0.490 e. The molecule has 0 unspecified atom stereocenters. The lowest BCUT2D eigenvalue weighted by Gasteiger charge is -2.12. The number of benzene rings is 1. The summed E-state index contributed by atoms with van der Waals surface area (Å²) in [6, 6.07) is 3.63. The summed E-state index contributed by atoms with van der Waals surface area (Å²) in [4.78, 5) is 15.3. The number of Topliss-reactive ketones (excluding diaryl/α,β-unsaturated/α-hetero) is 1. The fraction of sp³-hybridized carbons (Fsp3) is 0.522. The zero-order valence-electron chi connectivity index (χ0n) is 17.0. The average molecular weight is 453 g/mol. The number of halogens is 2. The first kappa shape index (κ1) is 21.2. The second-order valence-corrected chi connectivity index (χ2v) is 10.8. The molecule has 1 aromatic carbocycles. The summed E-state index contributed by atoms with van der Waals surface area (Å²) >= 11 is 14.3. The van der Waals surface area contributed by atoms with E-state index in [2.05, 4.69) is 20.8 Å². The molecule has 1 aromatic heterocycles. The third-order valence-electron chi connectivity index (χ3n) is 6.52. The molecular formula is C23H26Cl2O3S. The monoisotopic (exact) mass is 452 g/mol. The van der Waals surface area contributed by atoms with E-state index < -0.39 is 0 Å². The number of ketones is 1. The number of hydrogen-bond acceptors (Lipinski definition) is 4. The first-order valence-corrected chi connectivity index (χ1v) is 11.7. The van der Waals surface area contributed by atoms with Gasteiger partial charge in [-0.15, -0.1) is 11.3 Å². The molecule has 0 spiro atoms. The molecule has 4 rings (SSSR count). The summed E-state index contributed by atoms with van der Waals surface area (Å²) < 4.78 is 5.55. The van der Waals surface area contributed by atoms with Crippen LogP contribution in [0.15, 0.2) is 12.1 Å². The Hall–Kier alpha value is -1.07. The maximum Gasteiger partial charge on any atom is 0.173 e. The van der Waals surface area contributed by atoms with Gasteiger partial charge in [-0.05, 0) is 65.8 Å². The van der Waals surface area contributed by atoms with E-state index in [1.807, 2.05) is 12.1 Å². The molecule has 2 aliphatic rings. The van der Waals surface area contributed by atoms with Crippen LogP contribution in [0.5, 0.6) is 5.75 Å². The third-order valence-corrected chi connectivity index (χ3v) is 8.29. The number of aliphatic hydroxyl groups excluding tert-OH is 1. The number of aryl methyl sites for hydroxylation is 2. The Balaban J connectivity index is 1.44. The molecule has 1 saturated carbocycles. The van der Waals surface area contributed by atoms with Gasteiger partial charge < -0.3 is 9.84 Å². The van der Waals surface area contributed by atoms with Crippen LogP contribution in [0.1, 0.15) is 63.8 Å². The second kappa shape index (κ2) is 7.88. The van der Waals surface area contributed by atoms with Gasteiger partial charge in [0.25, 0.3) is 0 Å². The lowest BCUT2D eigenvalue weighted by molar-refractivity contribution is 0.0986. The molecule has 0 radical (unpaired) electrons. The molecule has 0 aliphatic heterocycles. The van der Waals surface area contributed by atoms with E-state index in [0.29, 0.717) is 58.9 Å². The predicted octanol–water partition coefficient (Wildman–Crippen LogP) is 6.24. The fourth-order valence-electron chi connectivity index (χ4n) is 4.86. The Kier molecular flexibility index (Phi) is 5.75. The SMILES string of the molecule is Cc1sc(C(=O)CCc2cc(Cl)c(OCCCO)c(Cl)c2)c2c1[C@H]1[C@@H](C2)C1(C)C. The molecule has 1 heterocycles. The lowest BCUT2D eigenvalue weighted by Crippen LogP contribution is -2.06. The number of hydrogen-bond donors (Lipinski definition) is 1. The summed E-state index contributed by atoms with van der Waals surface area (Å²) in [5, 5.41) is 9.74. The molecule has 3 nitrogen and oxygen atoms in total. The van der Waals surface area contributed by atoms with E-state index in [-0.39, 0.29) is 12.4 Å². The Bertz CT molecular complexity index is 940. The van der Waals surface area contributed by atoms with E-state index in [1.165, 1.54) is 16.0 Å². The van der Waals surface area contributed by atoms with Gasteiger partial charge in [-0.3, -0.25) is 4.79 Å². The Morgan fingerprint density at radius 1 is 1.31 bits per heavy atom. The van der Waals surface area contributed by atoms with Gasteiger partial charge in [-0.25, -0.2) is 0 Å². The van der Waals surface area contributed by atoms with Crippen LogP contribution in [-0.2, 0) is 12.8 Å². The van der Waals surface area contributed by atoms with Crippen molar-refractivity contribution in [3.05, 3.63) is 48.6 Å². The standard InChI is InChI=1S/C23H26Cl2O3S/c1-12-19-14(11-15-20(19)23(15,2)3)22(29-12)18(27)6-5-13-9-16(24)21(17(25)10-13)28-8-4-7-26/h9-10,15,20,26H,4-8,11H2,1-3H3/t15-,20-/m1/s1. The maximum atomic E-state index is 13.0. The summed E-state index contributed by atoms with van der Waals surface area (Å²) in [6.07, 6.45) is 2.62. The minimum Gasteiger partial charge on any atom is -0.490 e. The van der Waals surface area contributed by atoms with Crippen molar-refractivity contribution in [2.24, 2.45) is 11.3 Å². The van der Waals surface area contributed by atoms with Gasteiger partial charge in [0.15, 0.2) is 11.5 Å². The van der Waals surface area contributed by atoms with Crippen molar-refractivity contribution in [3.8, 4) is 5.75 Å². The van der Waals surface area contributed by atoms with E-state index in [4.69, 9.17) is 33.0 Å². The van der Waals surface area contributed by atoms with E-state index >= 15 is 0 Å². The number of aliphatic hydroxyl groups is 1. The van der Waals surface area contributed by atoms with Crippen molar-refractivity contribution < 1.29 is 14.6 Å². The highest BCUT2D eigenvalue weighted by molar-refractivity contribution is 7.14. The number of carbonyl (C=O) groups excluding carboxylic acids is 1. The highest BCUT2D eigenvalue weighted by atomic mass is 35.5. The number of ether oxygens (including phenoxy) is 1. The van der Waals surface area contributed by atoms with Gasteiger partial charge in [-0.2, -0.15) is 0 Å². The van der Waals surface area contributed by atoms with Crippen molar-refractivity contribution >= 4 is 40.3 Å². The first-order chi connectivity index (χ1) is 13.8. The summed E-state index contributed by atoms with van der Waals surface area (Å²) in [7, 11) is 0. The van der Waals surface area contributed by atoms with Crippen molar-refractivity contribution in [3.63, 3.8) is 0 Å². The minimum absolute atomic E-state index is 0.0559. The molecule has 1 N–H and O–H groups in total. The number of fused-ring (bicyclic) bond motifs is 3. The van der Waals surface area contributed by atoms with Crippen LogP contribution in [0, 0.1) is 18.3 Å². The van der Waals surface area contributed by atoms with Crippen LogP contribution in [-0.4, -0.2) is 24.1 Å². The normalized spacial score (nSPS) is 21.0. The molecule has 0 bridgehead atoms. The summed E-state index contributed by atoms with van der Waals surface area (Å²) in [5.41, 5.74) is 4.10. The van der Waals surface area contributed by atoms with E-state index in [0.717, 1.165) is 16.9 Å². The highest BCUT2D eigenvalue weighted by Crippen LogP contribution is 2.71. The fourth-order valence-corrected chi connectivity index (χ4v) is 6.70. The molecule has 0 saturated heterocycles. The van der Waals surface area contributed by atoms with Crippen molar-refractivity contribution in [1.29, 1.82) is 0 Å². The molecule has 29 heavy (non-hydrogen) atoms. The van der Waals surface area contributed by atoms with Crippen LogP contribution in [0.25, 0.3) is 0 Å². The number of thiophene rings is 1. The maximum absolute atomic E-state index is 13.0. The van der Waals surface area contributed by atoms with Gasteiger partial charge in [0.05, 0.1) is 21.5 Å². The van der Waals surface area contributed by atoms with Crippen LogP contribution in [0.2, 0.25) is 10.0 Å². The zero-order valence-corrected chi connectivity index (χ0v) is 19.3. The lowest BCUT2D eigenvalue weighted by atomic mass is 9.94. The van der Waals surface area contributed by atoms with Gasteiger partial charge >= 0.3 is 0 Å². The molecule has 0 amide bonds. The Morgan fingerprint density at radius 3 is 2.66 bits per heavy atom. The van der Waals surface area contributed by atoms with Crippen LogP contribution in [0.4, 0.5) is 0 Å². The molecular weight excluding hydrogens is 427 g/mol. The second-order valence-electron chi connectivity index (χ2n) is 8.73. The van der Waals surface area contributed by atoms with Gasteiger partial charge in [0, 0.05) is 24.3 Å². The molecule has 1 fully saturated rings. The van der Waals surface area contributed by atoms with Crippen molar-refractivity contribution in [2.75, 3.05) is 13.2 Å². The quantitative estimate of drug-likeness (QED) is 0.380. The molecule has 2 aliphatic carbocycles. The highest BCUT2D eigenvalue weighted by Gasteiger charge is 2.63. The first-order valence-electron chi connectivity index (χ1n) is 10.1. The summed E-state index contributed by atoms with van der Waals surface area (Å²) in [5.74, 6) is 2.01. The molecule has 156 valence electrons. The zero-order chi connectivity index (χ0) is 20.9. The minimum atomic E-state index is 0.0559. The average Bonchev–Trinajstić information content (AvgIpc) is 3.00. The van der Waals surface area contributed by atoms with Gasteiger partial charge in [0.2, 0.25) is 0 Å². The third kappa shape index (κ3) is 3.74. The van der Waals surface area contributed by atoms with Crippen molar-refractivity contribution in [1.82, 2.24) is 0 Å². The van der Waals surface area contributed by atoms with E-state index in [1.54, 1.807) is 11.3 Å². The smallest absolute Gasteiger partial charge is 0.173 e. The van der Waals surface area contributed by atoms with Crippen LogP contribution in [0.3, 0.4) is 0 Å². The number of carbonyl (C=O) groups is 1. The molecule has 6 heteroatoms. The van der Waals surface area contributed by atoms with E-state index in [9.17, 15) is 4.79 Å². The Morgan fingerprint density at radius 2 is 2.00 bits per heavy atom. The Labute approximate surface area is 186 Å². The van der Waals surface area contributed by atoms with Crippen LogP contribution >= 0.6 is 34.5 Å². The van der Waals surface area contributed by atoms with Gasteiger partial charge in [-0.1, -0.05) is 37.0 Å². The van der Waals surface area contributed by atoms with Gasteiger partial charge in [0.1, 0.15) is 0 Å². The molecule has 2 aromatic rings. The summed E-state index contributed by atoms with van der Waals surface area (Å²) in [6.45, 7) is 7.25. The topological polar surface area (TPSA) is 46.5 Å². The molecule has 2 atom stereocenters. The number of rotatable bonds is 8. The predicted molar refractivity (Wildman–Crippen MR) is 119 cm³/mol. The van der Waals surface area contributed by atoms with Crippen molar-refractivity contribution in [2.45, 2.75) is 52.4 Å². The van der Waals surface area contributed by atoms with Crippen LogP contribution < -0.4 is 4.74 Å².